The summed E-state index contributed by atoms with van der Waals surface area (Å²) in [5.74, 6) is 0. The summed E-state index contributed by atoms with van der Waals surface area (Å²) in [7, 11) is 1.83. The lowest BCUT2D eigenvalue weighted by molar-refractivity contribution is -0.137. The first-order valence-electron chi connectivity index (χ1n) is 5.41. The summed E-state index contributed by atoms with van der Waals surface area (Å²) in [6.45, 7) is 0. The molecule has 0 saturated heterocycles. The number of hydrogen-bond donors (Lipinski definition) is 1. The lowest BCUT2D eigenvalue weighted by Gasteiger charge is -2.16. The van der Waals surface area contributed by atoms with E-state index in [1.807, 2.05) is 7.05 Å². The molecule has 0 aromatic heterocycles. The highest BCUT2D eigenvalue weighted by atomic mass is 35.5. The van der Waals surface area contributed by atoms with Crippen molar-refractivity contribution in [1.29, 1.82) is 0 Å². The minimum atomic E-state index is -4.31. The minimum absolute atomic E-state index is 0.0478. The van der Waals surface area contributed by atoms with Gasteiger partial charge in [-0.05, 0) is 50.1 Å². The fraction of sp³-hybridized carbons (Fsp3) is 0.500. The maximum absolute atomic E-state index is 12.6. The summed E-state index contributed by atoms with van der Waals surface area (Å²) in [5, 5.41) is 3.55. The van der Waals surface area contributed by atoms with Gasteiger partial charge in [-0.3, -0.25) is 0 Å². The number of benzene rings is 1. The van der Waals surface area contributed by atoms with Crippen molar-refractivity contribution in [2.45, 2.75) is 31.0 Å². The van der Waals surface area contributed by atoms with E-state index in [1.54, 1.807) is 0 Å². The molecular weight excluding hydrogens is 251 g/mol. The van der Waals surface area contributed by atoms with Crippen LogP contribution < -0.4 is 5.32 Å². The summed E-state index contributed by atoms with van der Waals surface area (Å²) < 4.78 is 37.7. The van der Waals surface area contributed by atoms with E-state index in [2.05, 4.69) is 5.32 Å². The Morgan fingerprint density at radius 2 is 2.00 bits per heavy atom. The summed E-state index contributed by atoms with van der Waals surface area (Å²) in [4.78, 5) is 0. The molecule has 0 atom stereocenters. The molecule has 0 amide bonds. The Balaban J connectivity index is 2.27. The molecule has 0 unspecified atom stereocenters. The van der Waals surface area contributed by atoms with E-state index in [1.165, 1.54) is 6.07 Å². The molecule has 1 aliphatic carbocycles. The molecule has 94 valence electrons. The largest absolute Gasteiger partial charge is 0.416 e. The number of hydrogen-bond acceptors (Lipinski definition) is 1. The van der Waals surface area contributed by atoms with Crippen molar-refractivity contribution in [3.05, 3.63) is 34.3 Å². The maximum Gasteiger partial charge on any atom is 0.416 e. The second kappa shape index (κ2) is 4.18. The molecule has 1 aromatic carbocycles. The Kier molecular flexibility index (Phi) is 3.12. The van der Waals surface area contributed by atoms with E-state index in [-0.39, 0.29) is 5.54 Å². The average Bonchev–Trinajstić information content (AvgIpc) is 3.00. The third-order valence-electron chi connectivity index (χ3n) is 3.29. The fourth-order valence-electron chi connectivity index (χ4n) is 1.92. The van der Waals surface area contributed by atoms with Gasteiger partial charge in [0.2, 0.25) is 0 Å². The van der Waals surface area contributed by atoms with Crippen LogP contribution in [0.2, 0.25) is 5.02 Å². The van der Waals surface area contributed by atoms with Crippen molar-refractivity contribution in [3.63, 3.8) is 0 Å². The molecule has 1 saturated carbocycles. The van der Waals surface area contributed by atoms with Gasteiger partial charge in [0.1, 0.15) is 0 Å². The number of nitrogens with one attached hydrogen (secondary N) is 1. The summed E-state index contributed by atoms with van der Waals surface area (Å²) in [6, 6.07) is 3.50. The first-order chi connectivity index (χ1) is 7.86. The fourth-order valence-corrected chi connectivity index (χ4v) is 2.10. The van der Waals surface area contributed by atoms with Crippen LogP contribution in [0, 0.1) is 0 Å². The van der Waals surface area contributed by atoms with Gasteiger partial charge in [0.05, 0.1) is 5.56 Å². The quantitative estimate of drug-likeness (QED) is 0.878. The Morgan fingerprint density at radius 3 is 2.47 bits per heavy atom. The lowest BCUT2D eigenvalue weighted by Crippen LogP contribution is -2.29. The molecule has 5 heteroatoms. The highest BCUT2D eigenvalue weighted by Gasteiger charge is 2.41. The first kappa shape index (κ1) is 12.7. The van der Waals surface area contributed by atoms with Crippen LogP contribution in [0.15, 0.2) is 18.2 Å². The van der Waals surface area contributed by atoms with Crippen molar-refractivity contribution < 1.29 is 13.2 Å². The van der Waals surface area contributed by atoms with Gasteiger partial charge in [0, 0.05) is 10.6 Å². The van der Waals surface area contributed by atoms with E-state index in [0.717, 1.165) is 25.0 Å². The molecule has 0 aliphatic heterocycles. The van der Waals surface area contributed by atoms with E-state index in [0.29, 0.717) is 17.0 Å². The Morgan fingerprint density at radius 1 is 1.35 bits per heavy atom. The molecule has 0 radical (unpaired) electrons. The number of halogens is 4. The lowest BCUT2D eigenvalue weighted by atomic mass is 10.0. The van der Waals surface area contributed by atoms with Crippen LogP contribution in [0.5, 0.6) is 0 Å². The summed E-state index contributed by atoms with van der Waals surface area (Å²) in [6.07, 6.45) is -1.80. The molecule has 1 aliphatic rings. The zero-order valence-corrected chi connectivity index (χ0v) is 10.1. The van der Waals surface area contributed by atoms with Gasteiger partial charge in [0.25, 0.3) is 0 Å². The minimum Gasteiger partial charge on any atom is -0.314 e. The molecule has 0 spiro atoms. The van der Waals surface area contributed by atoms with E-state index < -0.39 is 11.7 Å². The molecular formula is C12H13ClF3N. The van der Waals surface area contributed by atoms with Gasteiger partial charge in [-0.1, -0.05) is 11.6 Å². The van der Waals surface area contributed by atoms with E-state index in [4.69, 9.17) is 11.6 Å². The Labute approximate surface area is 103 Å². The smallest absolute Gasteiger partial charge is 0.314 e. The molecule has 17 heavy (non-hydrogen) atoms. The predicted octanol–water partition coefficient (Wildman–Crippen LogP) is 3.65. The van der Waals surface area contributed by atoms with Gasteiger partial charge >= 0.3 is 6.18 Å². The second-order valence-corrected chi connectivity index (χ2v) is 4.92. The third-order valence-corrected chi connectivity index (χ3v) is 3.65. The van der Waals surface area contributed by atoms with E-state index >= 15 is 0 Å². The third kappa shape index (κ3) is 2.75. The molecule has 0 bridgehead atoms. The van der Waals surface area contributed by atoms with Crippen LogP contribution in [0.1, 0.15) is 24.0 Å². The van der Waals surface area contributed by atoms with Crippen molar-refractivity contribution in [2.24, 2.45) is 0 Å². The van der Waals surface area contributed by atoms with E-state index in [9.17, 15) is 13.2 Å². The summed E-state index contributed by atoms with van der Waals surface area (Å²) in [5.41, 5.74) is -0.120. The van der Waals surface area contributed by atoms with Gasteiger partial charge in [-0.15, -0.1) is 0 Å². The van der Waals surface area contributed by atoms with Gasteiger partial charge in [-0.25, -0.2) is 0 Å². The Bertz CT molecular complexity index is 424. The maximum atomic E-state index is 12.6. The number of alkyl halides is 3. The standard InChI is InChI=1S/C12H13ClF3N/c1-17-11(4-5-11)7-8-6-9(12(14,15)16)2-3-10(8)13/h2-3,6,17H,4-5,7H2,1H3. The van der Waals surface area contributed by atoms with Crippen LogP contribution in [-0.2, 0) is 12.6 Å². The monoisotopic (exact) mass is 263 g/mol. The molecule has 2 rings (SSSR count). The first-order valence-corrected chi connectivity index (χ1v) is 5.79. The molecule has 1 nitrogen and oxygen atoms in total. The Hall–Kier alpha value is -0.740. The topological polar surface area (TPSA) is 12.0 Å². The van der Waals surface area contributed by atoms with Gasteiger partial charge in [0.15, 0.2) is 0 Å². The van der Waals surface area contributed by atoms with Crippen LogP contribution in [0.3, 0.4) is 0 Å². The summed E-state index contributed by atoms with van der Waals surface area (Å²) >= 11 is 5.94. The van der Waals surface area contributed by atoms with Crippen LogP contribution >= 0.6 is 11.6 Å². The predicted molar refractivity (Wildman–Crippen MR) is 61.2 cm³/mol. The van der Waals surface area contributed by atoms with Crippen molar-refractivity contribution in [3.8, 4) is 0 Å². The van der Waals surface area contributed by atoms with Crippen molar-refractivity contribution in [1.82, 2.24) is 5.32 Å². The zero-order valence-electron chi connectivity index (χ0n) is 9.37. The number of likely N-dealkylation sites (N-methyl/N-ethyl adjacent to an activating group) is 1. The van der Waals surface area contributed by atoms with Crippen molar-refractivity contribution >= 4 is 11.6 Å². The number of rotatable bonds is 3. The van der Waals surface area contributed by atoms with Crippen LogP contribution in [0.4, 0.5) is 13.2 Å². The van der Waals surface area contributed by atoms with Crippen LogP contribution in [-0.4, -0.2) is 12.6 Å². The average molecular weight is 264 g/mol. The second-order valence-electron chi connectivity index (χ2n) is 4.51. The van der Waals surface area contributed by atoms with Crippen LogP contribution in [0.25, 0.3) is 0 Å². The van der Waals surface area contributed by atoms with Gasteiger partial charge < -0.3 is 5.32 Å². The molecule has 1 fully saturated rings. The molecule has 1 N–H and O–H groups in total. The van der Waals surface area contributed by atoms with Crippen molar-refractivity contribution in [2.75, 3.05) is 7.05 Å². The molecule has 1 aromatic rings. The SMILES string of the molecule is CNC1(Cc2cc(C(F)(F)F)ccc2Cl)CC1. The normalized spacial score (nSPS) is 18.2. The zero-order chi connectivity index (χ0) is 12.7. The highest BCUT2D eigenvalue weighted by molar-refractivity contribution is 6.31. The molecule has 0 heterocycles. The highest BCUT2D eigenvalue weighted by Crippen LogP contribution is 2.40. The van der Waals surface area contributed by atoms with Gasteiger partial charge in [-0.2, -0.15) is 13.2 Å².